The number of aliphatic hydroxyl groups is 1. The summed E-state index contributed by atoms with van der Waals surface area (Å²) in [6.07, 6.45) is 4.44. The Balaban J connectivity index is 1.95. The number of para-hydroxylation sites is 1. The van der Waals surface area contributed by atoms with Crippen molar-refractivity contribution in [3.63, 3.8) is 0 Å². The second kappa shape index (κ2) is 6.00. The average Bonchev–Trinajstić information content (AvgIpc) is 2.86. The van der Waals surface area contributed by atoms with Crippen molar-refractivity contribution < 1.29 is 5.11 Å². The number of aromatic nitrogens is 4. The molecule has 1 atom stereocenters. The average molecular weight is 273 g/mol. The van der Waals surface area contributed by atoms with E-state index in [2.05, 4.69) is 20.4 Å². The first-order chi connectivity index (χ1) is 9.90. The van der Waals surface area contributed by atoms with Gasteiger partial charge >= 0.3 is 0 Å². The summed E-state index contributed by atoms with van der Waals surface area (Å²) in [6.45, 7) is 1.03. The molecule has 1 saturated heterocycles. The summed E-state index contributed by atoms with van der Waals surface area (Å²) in [4.78, 5) is 2.14. The highest BCUT2D eigenvalue weighted by molar-refractivity contribution is 5.41. The summed E-state index contributed by atoms with van der Waals surface area (Å²) in [5.41, 5.74) is 0.938. The Morgan fingerprint density at radius 3 is 2.80 bits per heavy atom. The van der Waals surface area contributed by atoms with Crippen molar-refractivity contribution in [2.45, 2.75) is 31.7 Å². The van der Waals surface area contributed by atoms with Crippen LogP contribution in [0.4, 0.5) is 5.95 Å². The standard InChI is InChI=1S/C14H19N5O/c20-11-13-9-5-2-6-10-18(13)14-15-16-17-19(14)12-7-3-1-4-8-12/h1,3-4,7-8,13,20H,2,5-6,9-11H2. The monoisotopic (exact) mass is 273 g/mol. The number of aliphatic hydroxyl groups excluding tert-OH is 1. The molecule has 1 aromatic carbocycles. The molecule has 2 aromatic rings. The van der Waals surface area contributed by atoms with Crippen molar-refractivity contribution in [1.29, 1.82) is 0 Å². The van der Waals surface area contributed by atoms with Crippen LogP contribution in [0.25, 0.3) is 5.69 Å². The number of anilines is 1. The Morgan fingerprint density at radius 2 is 2.00 bits per heavy atom. The Kier molecular flexibility index (Phi) is 3.92. The highest BCUT2D eigenvalue weighted by atomic mass is 16.3. The van der Waals surface area contributed by atoms with Gasteiger partial charge < -0.3 is 10.0 Å². The summed E-state index contributed by atoms with van der Waals surface area (Å²) >= 11 is 0. The molecule has 0 amide bonds. The van der Waals surface area contributed by atoms with Crippen LogP contribution >= 0.6 is 0 Å². The van der Waals surface area contributed by atoms with Crippen molar-refractivity contribution in [1.82, 2.24) is 20.2 Å². The van der Waals surface area contributed by atoms with Crippen LogP contribution in [0, 0.1) is 0 Å². The Labute approximate surface area is 118 Å². The van der Waals surface area contributed by atoms with Crippen molar-refractivity contribution in [3.8, 4) is 5.69 Å². The molecule has 1 aliphatic rings. The van der Waals surface area contributed by atoms with E-state index in [1.807, 2.05) is 30.3 Å². The molecule has 6 heteroatoms. The summed E-state index contributed by atoms with van der Waals surface area (Å²) < 4.78 is 1.74. The van der Waals surface area contributed by atoms with Gasteiger partial charge in [-0.3, -0.25) is 0 Å². The maximum absolute atomic E-state index is 9.63. The molecule has 0 spiro atoms. The highest BCUT2D eigenvalue weighted by Crippen LogP contribution is 2.23. The van der Waals surface area contributed by atoms with Gasteiger partial charge in [-0.05, 0) is 35.4 Å². The quantitative estimate of drug-likeness (QED) is 0.915. The van der Waals surface area contributed by atoms with Crippen LogP contribution in [-0.2, 0) is 0 Å². The normalized spacial score (nSPS) is 19.9. The molecule has 2 heterocycles. The smallest absolute Gasteiger partial charge is 0.250 e. The second-order valence-electron chi connectivity index (χ2n) is 5.11. The van der Waals surface area contributed by atoms with Crippen LogP contribution < -0.4 is 4.90 Å². The molecular formula is C14H19N5O. The first-order valence-corrected chi connectivity index (χ1v) is 7.11. The fraction of sp³-hybridized carbons (Fsp3) is 0.500. The second-order valence-corrected chi connectivity index (χ2v) is 5.11. The van der Waals surface area contributed by atoms with Crippen molar-refractivity contribution >= 4 is 5.95 Å². The highest BCUT2D eigenvalue weighted by Gasteiger charge is 2.25. The first-order valence-electron chi connectivity index (χ1n) is 7.11. The maximum atomic E-state index is 9.63. The lowest BCUT2D eigenvalue weighted by Crippen LogP contribution is -2.39. The minimum atomic E-state index is 0.103. The topological polar surface area (TPSA) is 67.1 Å². The van der Waals surface area contributed by atoms with E-state index in [0.717, 1.165) is 37.4 Å². The summed E-state index contributed by atoms with van der Waals surface area (Å²) in [5.74, 6) is 0.720. The lowest BCUT2D eigenvalue weighted by molar-refractivity contribution is 0.253. The number of hydrogen-bond acceptors (Lipinski definition) is 5. The predicted octanol–water partition coefficient (Wildman–Crippen LogP) is 1.40. The van der Waals surface area contributed by atoms with Crippen LogP contribution in [0.2, 0.25) is 0 Å². The van der Waals surface area contributed by atoms with Crippen LogP contribution in [0.3, 0.4) is 0 Å². The van der Waals surface area contributed by atoms with Crippen LogP contribution in [-0.4, -0.2) is 44.5 Å². The van der Waals surface area contributed by atoms with E-state index in [4.69, 9.17) is 0 Å². The van der Waals surface area contributed by atoms with E-state index in [1.165, 1.54) is 6.42 Å². The molecule has 1 N–H and O–H groups in total. The van der Waals surface area contributed by atoms with Gasteiger partial charge in [-0.15, -0.1) is 0 Å². The molecule has 3 rings (SSSR count). The van der Waals surface area contributed by atoms with Crippen molar-refractivity contribution in [3.05, 3.63) is 30.3 Å². The Morgan fingerprint density at radius 1 is 1.15 bits per heavy atom. The molecular weight excluding hydrogens is 254 g/mol. The van der Waals surface area contributed by atoms with Gasteiger partial charge in [0.25, 0.3) is 5.95 Å². The first kappa shape index (κ1) is 13.1. The fourth-order valence-electron chi connectivity index (χ4n) is 2.73. The molecule has 6 nitrogen and oxygen atoms in total. The predicted molar refractivity (Wildman–Crippen MR) is 75.8 cm³/mol. The van der Waals surface area contributed by atoms with Gasteiger partial charge in [-0.25, -0.2) is 0 Å². The van der Waals surface area contributed by atoms with Crippen molar-refractivity contribution in [2.75, 3.05) is 18.1 Å². The number of rotatable bonds is 3. The van der Waals surface area contributed by atoms with Gasteiger partial charge in [0.1, 0.15) is 0 Å². The van der Waals surface area contributed by atoms with Gasteiger partial charge in [0, 0.05) is 6.54 Å². The third-order valence-electron chi connectivity index (χ3n) is 3.80. The minimum Gasteiger partial charge on any atom is -0.394 e. The van der Waals surface area contributed by atoms with E-state index < -0.39 is 0 Å². The third kappa shape index (κ3) is 2.51. The molecule has 1 aliphatic heterocycles. The molecule has 1 unspecified atom stereocenters. The van der Waals surface area contributed by atoms with E-state index in [1.54, 1.807) is 4.68 Å². The summed E-state index contributed by atoms with van der Waals surface area (Å²) in [7, 11) is 0. The molecule has 106 valence electrons. The largest absolute Gasteiger partial charge is 0.394 e. The zero-order valence-corrected chi connectivity index (χ0v) is 11.4. The zero-order valence-electron chi connectivity index (χ0n) is 11.4. The summed E-state index contributed by atoms with van der Waals surface area (Å²) in [5, 5.41) is 21.7. The van der Waals surface area contributed by atoms with E-state index >= 15 is 0 Å². The number of benzene rings is 1. The van der Waals surface area contributed by atoms with Crippen molar-refractivity contribution in [2.24, 2.45) is 0 Å². The lowest BCUT2D eigenvalue weighted by atomic mass is 10.1. The van der Waals surface area contributed by atoms with Crippen LogP contribution in [0.5, 0.6) is 0 Å². The van der Waals surface area contributed by atoms with Gasteiger partial charge in [0.05, 0.1) is 18.3 Å². The molecule has 1 aromatic heterocycles. The lowest BCUT2D eigenvalue weighted by Gasteiger charge is -2.28. The minimum absolute atomic E-state index is 0.103. The van der Waals surface area contributed by atoms with Crippen LogP contribution in [0.1, 0.15) is 25.7 Å². The SMILES string of the molecule is OCC1CCCCCN1c1nnnn1-c1ccccc1. The molecule has 0 saturated carbocycles. The van der Waals surface area contributed by atoms with Gasteiger partial charge in [-0.2, -0.15) is 4.68 Å². The Hall–Kier alpha value is -1.95. The number of nitrogens with zero attached hydrogens (tertiary/aromatic N) is 5. The van der Waals surface area contributed by atoms with E-state index in [-0.39, 0.29) is 12.6 Å². The molecule has 1 fully saturated rings. The van der Waals surface area contributed by atoms with Crippen LogP contribution in [0.15, 0.2) is 30.3 Å². The summed E-state index contributed by atoms with van der Waals surface area (Å²) in [6, 6.07) is 9.96. The molecule has 0 radical (unpaired) electrons. The fourth-order valence-corrected chi connectivity index (χ4v) is 2.73. The van der Waals surface area contributed by atoms with E-state index in [9.17, 15) is 5.11 Å². The number of tetrazole rings is 1. The van der Waals surface area contributed by atoms with E-state index in [0.29, 0.717) is 0 Å². The van der Waals surface area contributed by atoms with Gasteiger partial charge in [0.2, 0.25) is 0 Å². The zero-order chi connectivity index (χ0) is 13.8. The third-order valence-corrected chi connectivity index (χ3v) is 3.80. The van der Waals surface area contributed by atoms with Gasteiger partial charge in [0.15, 0.2) is 0 Å². The number of hydrogen-bond donors (Lipinski definition) is 1. The Bertz CT molecular complexity index is 542. The maximum Gasteiger partial charge on any atom is 0.250 e. The van der Waals surface area contributed by atoms with Gasteiger partial charge in [-0.1, -0.05) is 36.1 Å². The molecule has 0 aliphatic carbocycles. The molecule has 0 bridgehead atoms. The molecule has 20 heavy (non-hydrogen) atoms.